The van der Waals surface area contributed by atoms with Gasteiger partial charge in [0.25, 0.3) is 0 Å². The van der Waals surface area contributed by atoms with Crippen molar-refractivity contribution in [2.45, 2.75) is 103 Å². The molecular weight excluding hydrogens is 404 g/mol. The molecule has 2 aromatic carbocycles. The van der Waals surface area contributed by atoms with Gasteiger partial charge in [-0.25, -0.2) is 0 Å². The first-order valence-corrected chi connectivity index (χ1v) is 13.0. The van der Waals surface area contributed by atoms with Gasteiger partial charge in [0, 0.05) is 17.4 Å². The second-order valence-corrected chi connectivity index (χ2v) is 11.5. The van der Waals surface area contributed by atoms with Gasteiger partial charge in [-0.3, -0.25) is 0 Å². The normalized spacial score (nSPS) is 21.5. The van der Waals surface area contributed by atoms with Crippen LogP contribution < -0.4 is 4.74 Å². The zero-order chi connectivity index (χ0) is 23.6. The van der Waals surface area contributed by atoms with Crippen LogP contribution in [0.5, 0.6) is 11.5 Å². The molecule has 0 bridgehead atoms. The number of aromatic hydroxyl groups is 1. The quantitative estimate of drug-likeness (QED) is 0.325. The third-order valence-corrected chi connectivity index (χ3v) is 8.10. The molecule has 4 rings (SSSR count). The highest BCUT2D eigenvalue weighted by Crippen LogP contribution is 2.55. The fraction of sp³-hybridized carbons (Fsp3) is 0.548. The second kappa shape index (κ2) is 9.57. The van der Waals surface area contributed by atoms with Gasteiger partial charge in [0.05, 0.1) is 0 Å². The molecule has 2 unspecified atom stereocenters. The van der Waals surface area contributed by atoms with Crippen LogP contribution in [-0.4, -0.2) is 10.7 Å². The van der Waals surface area contributed by atoms with Crippen molar-refractivity contribution >= 4 is 0 Å². The Hall–Kier alpha value is -2.22. The third-order valence-electron chi connectivity index (χ3n) is 8.10. The molecule has 1 N–H and O–H groups in total. The molecule has 0 radical (unpaired) electrons. The fourth-order valence-electron chi connectivity index (χ4n) is 6.00. The number of fused-ring (bicyclic) bond motifs is 3. The van der Waals surface area contributed by atoms with E-state index in [4.69, 9.17) is 4.74 Å². The summed E-state index contributed by atoms with van der Waals surface area (Å²) in [5.74, 6) is 2.01. The number of phenolic OH excluding ortho intramolecular Hbond substituents is 1. The van der Waals surface area contributed by atoms with Crippen molar-refractivity contribution in [1.82, 2.24) is 0 Å². The van der Waals surface area contributed by atoms with E-state index >= 15 is 0 Å². The SMILES string of the molecule is CCCCCCC(C)(C)c1cc(O)c2c(c1)OC(C)(C)C1CC=C(Cc3ccccc3)CC21. The Balaban J connectivity index is 1.61. The van der Waals surface area contributed by atoms with Gasteiger partial charge >= 0.3 is 0 Å². The average Bonchev–Trinajstić information content (AvgIpc) is 2.76. The van der Waals surface area contributed by atoms with E-state index in [1.807, 2.05) is 6.07 Å². The minimum atomic E-state index is -0.247. The molecule has 33 heavy (non-hydrogen) atoms. The zero-order valence-corrected chi connectivity index (χ0v) is 21.3. The van der Waals surface area contributed by atoms with Gasteiger partial charge in [0.2, 0.25) is 0 Å². The van der Waals surface area contributed by atoms with Crippen LogP contribution in [0.2, 0.25) is 0 Å². The molecule has 1 aliphatic heterocycles. The van der Waals surface area contributed by atoms with Gasteiger partial charge in [-0.2, -0.15) is 0 Å². The van der Waals surface area contributed by atoms with Crippen molar-refractivity contribution in [2.24, 2.45) is 5.92 Å². The molecule has 2 nitrogen and oxygen atoms in total. The third kappa shape index (κ3) is 5.15. The number of hydrogen-bond donors (Lipinski definition) is 1. The molecule has 0 saturated heterocycles. The lowest BCUT2D eigenvalue weighted by atomic mass is 9.66. The summed E-state index contributed by atoms with van der Waals surface area (Å²) >= 11 is 0. The number of allylic oxidation sites excluding steroid dienone is 2. The summed E-state index contributed by atoms with van der Waals surface area (Å²) in [6, 6.07) is 15.0. The molecule has 0 amide bonds. The van der Waals surface area contributed by atoms with Gasteiger partial charge in [0.15, 0.2) is 0 Å². The van der Waals surface area contributed by atoms with E-state index in [0.717, 1.165) is 37.0 Å². The predicted octanol–water partition coefficient (Wildman–Crippen LogP) is 8.47. The average molecular weight is 447 g/mol. The number of phenols is 1. The Labute approximate surface area is 201 Å². The minimum absolute atomic E-state index is 0.0234. The van der Waals surface area contributed by atoms with E-state index in [1.165, 1.54) is 42.4 Å². The number of rotatable bonds is 8. The number of ether oxygens (including phenoxy) is 1. The van der Waals surface area contributed by atoms with Crippen LogP contribution in [0.25, 0.3) is 0 Å². The van der Waals surface area contributed by atoms with Gasteiger partial charge in [-0.1, -0.05) is 88.4 Å². The van der Waals surface area contributed by atoms with Crippen molar-refractivity contribution in [1.29, 1.82) is 0 Å². The van der Waals surface area contributed by atoms with E-state index in [2.05, 4.69) is 77.1 Å². The number of unbranched alkanes of at least 4 members (excludes halogenated alkanes) is 3. The van der Waals surface area contributed by atoms with Gasteiger partial charge in [0.1, 0.15) is 17.1 Å². The summed E-state index contributed by atoms with van der Waals surface area (Å²) in [6.07, 6.45) is 11.6. The highest BCUT2D eigenvalue weighted by molar-refractivity contribution is 5.54. The van der Waals surface area contributed by atoms with E-state index in [9.17, 15) is 5.11 Å². The van der Waals surface area contributed by atoms with Crippen molar-refractivity contribution in [2.75, 3.05) is 0 Å². The standard InChI is InChI=1S/C31H42O2/c1-6-7-8-12-17-30(2,3)24-20-27(32)29-25-19-23(18-22-13-10-9-11-14-22)15-16-26(25)31(4,5)33-28(29)21-24/h9-11,13-15,20-21,25-26,32H,6-8,12,16-19H2,1-5H3. The molecule has 2 aliphatic rings. The van der Waals surface area contributed by atoms with Crippen LogP contribution in [-0.2, 0) is 11.8 Å². The summed E-state index contributed by atoms with van der Waals surface area (Å²) < 4.78 is 6.61. The molecular formula is C31H42O2. The molecule has 0 spiro atoms. The fourth-order valence-corrected chi connectivity index (χ4v) is 6.00. The highest BCUT2D eigenvalue weighted by Gasteiger charge is 2.46. The van der Waals surface area contributed by atoms with Crippen LogP contribution in [0.3, 0.4) is 0 Å². The number of benzene rings is 2. The monoisotopic (exact) mass is 446 g/mol. The summed E-state index contributed by atoms with van der Waals surface area (Å²) in [4.78, 5) is 0. The van der Waals surface area contributed by atoms with E-state index in [-0.39, 0.29) is 11.0 Å². The van der Waals surface area contributed by atoms with Crippen LogP contribution >= 0.6 is 0 Å². The molecule has 178 valence electrons. The first-order chi connectivity index (χ1) is 15.7. The van der Waals surface area contributed by atoms with Gasteiger partial charge in [-0.05, 0) is 68.2 Å². The van der Waals surface area contributed by atoms with E-state index in [1.54, 1.807) is 0 Å². The Bertz CT molecular complexity index is 983. The molecule has 2 atom stereocenters. The molecule has 2 aromatic rings. The Kier molecular flexibility index (Phi) is 6.93. The molecule has 2 heteroatoms. The molecule has 0 fully saturated rings. The zero-order valence-electron chi connectivity index (χ0n) is 21.3. The maximum atomic E-state index is 11.3. The second-order valence-electron chi connectivity index (χ2n) is 11.5. The molecule has 1 aliphatic carbocycles. The van der Waals surface area contributed by atoms with Gasteiger partial charge < -0.3 is 9.84 Å². The van der Waals surface area contributed by atoms with Crippen molar-refractivity contribution in [3.05, 3.63) is 70.8 Å². The molecule has 1 heterocycles. The van der Waals surface area contributed by atoms with Crippen molar-refractivity contribution < 1.29 is 9.84 Å². The summed E-state index contributed by atoms with van der Waals surface area (Å²) in [6.45, 7) is 11.3. The van der Waals surface area contributed by atoms with E-state index in [0.29, 0.717) is 17.6 Å². The predicted molar refractivity (Wildman–Crippen MR) is 138 cm³/mol. The number of hydrogen-bond acceptors (Lipinski definition) is 2. The van der Waals surface area contributed by atoms with Crippen molar-refractivity contribution in [3.63, 3.8) is 0 Å². The summed E-state index contributed by atoms with van der Waals surface area (Å²) in [7, 11) is 0. The van der Waals surface area contributed by atoms with Crippen LogP contribution in [0.1, 0.15) is 102 Å². The Morgan fingerprint density at radius 1 is 1.06 bits per heavy atom. The smallest absolute Gasteiger partial charge is 0.127 e. The maximum Gasteiger partial charge on any atom is 0.127 e. The lowest BCUT2D eigenvalue weighted by Crippen LogP contribution is -2.45. The van der Waals surface area contributed by atoms with Crippen LogP contribution in [0, 0.1) is 5.92 Å². The first kappa shape index (κ1) is 23.9. The largest absolute Gasteiger partial charge is 0.508 e. The van der Waals surface area contributed by atoms with E-state index < -0.39 is 0 Å². The maximum absolute atomic E-state index is 11.3. The lowest BCUT2D eigenvalue weighted by Gasteiger charge is -2.47. The van der Waals surface area contributed by atoms with Crippen LogP contribution in [0.15, 0.2) is 54.1 Å². The van der Waals surface area contributed by atoms with Crippen molar-refractivity contribution in [3.8, 4) is 11.5 Å². The topological polar surface area (TPSA) is 29.5 Å². The molecule has 0 saturated carbocycles. The van der Waals surface area contributed by atoms with Crippen LogP contribution in [0.4, 0.5) is 0 Å². The summed E-state index contributed by atoms with van der Waals surface area (Å²) in [5.41, 5.74) is 4.84. The Morgan fingerprint density at radius 2 is 1.82 bits per heavy atom. The minimum Gasteiger partial charge on any atom is -0.508 e. The highest BCUT2D eigenvalue weighted by atomic mass is 16.5. The Morgan fingerprint density at radius 3 is 2.55 bits per heavy atom. The lowest BCUT2D eigenvalue weighted by molar-refractivity contribution is 0.00724. The summed E-state index contributed by atoms with van der Waals surface area (Å²) in [5, 5.41) is 11.3. The first-order valence-electron chi connectivity index (χ1n) is 13.0. The molecule has 0 aromatic heterocycles. The van der Waals surface area contributed by atoms with Gasteiger partial charge in [-0.15, -0.1) is 0 Å².